The highest BCUT2D eigenvalue weighted by molar-refractivity contribution is 7.89. The molecule has 1 unspecified atom stereocenters. The predicted octanol–water partition coefficient (Wildman–Crippen LogP) is 3.42. The molecule has 2 heterocycles. The first-order valence-corrected chi connectivity index (χ1v) is 11.3. The standard InChI is InChI=1S/C21H20ClN3O3S/c22-17-4-6-18(7-5-17)25-13-11-21(20(25)26)10-1-12-24(15-21)29(27,28)19-8-2-16(14-23)3-9-19/h2-9H,1,10-13,15H2. The van der Waals surface area contributed by atoms with Crippen LogP contribution in [0.3, 0.4) is 0 Å². The van der Waals surface area contributed by atoms with Crippen molar-refractivity contribution in [2.45, 2.75) is 24.2 Å². The average Bonchev–Trinajstić information content (AvgIpc) is 3.04. The number of hydrogen-bond donors (Lipinski definition) is 0. The highest BCUT2D eigenvalue weighted by atomic mass is 35.5. The number of benzene rings is 2. The van der Waals surface area contributed by atoms with Crippen LogP contribution in [0.4, 0.5) is 5.69 Å². The zero-order chi connectivity index (χ0) is 20.6. The molecule has 2 fully saturated rings. The Morgan fingerprint density at radius 2 is 1.69 bits per heavy atom. The number of sulfonamides is 1. The van der Waals surface area contributed by atoms with Crippen molar-refractivity contribution in [1.29, 1.82) is 5.26 Å². The second-order valence-corrected chi connectivity index (χ2v) is 9.92. The number of hydrogen-bond acceptors (Lipinski definition) is 4. The van der Waals surface area contributed by atoms with Gasteiger partial charge in [-0.3, -0.25) is 4.79 Å². The minimum absolute atomic E-state index is 0.0282. The summed E-state index contributed by atoms with van der Waals surface area (Å²) in [6.07, 6.45) is 1.93. The number of amides is 1. The van der Waals surface area contributed by atoms with E-state index in [1.165, 1.54) is 28.6 Å². The van der Waals surface area contributed by atoms with Gasteiger partial charge >= 0.3 is 0 Å². The Labute approximate surface area is 175 Å². The van der Waals surface area contributed by atoms with Crippen molar-refractivity contribution >= 4 is 33.2 Å². The number of nitrogens with zero attached hydrogens (tertiary/aromatic N) is 3. The van der Waals surface area contributed by atoms with Gasteiger partial charge < -0.3 is 4.90 Å². The van der Waals surface area contributed by atoms with Crippen LogP contribution in [0.2, 0.25) is 5.02 Å². The molecule has 2 saturated heterocycles. The minimum atomic E-state index is -3.73. The zero-order valence-electron chi connectivity index (χ0n) is 15.7. The number of halogens is 1. The van der Waals surface area contributed by atoms with E-state index in [4.69, 9.17) is 16.9 Å². The van der Waals surface area contributed by atoms with Crippen LogP contribution in [0.15, 0.2) is 53.4 Å². The summed E-state index contributed by atoms with van der Waals surface area (Å²) < 4.78 is 27.7. The van der Waals surface area contributed by atoms with E-state index in [9.17, 15) is 13.2 Å². The van der Waals surface area contributed by atoms with Gasteiger partial charge in [-0.05, 0) is 67.8 Å². The SMILES string of the molecule is N#Cc1ccc(S(=O)(=O)N2CCCC3(CCN(c4ccc(Cl)cc4)C3=O)C2)cc1. The smallest absolute Gasteiger partial charge is 0.243 e. The topological polar surface area (TPSA) is 81.5 Å². The Morgan fingerprint density at radius 3 is 2.34 bits per heavy atom. The van der Waals surface area contributed by atoms with Crippen LogP contribution >= 0.6 is 11.6 Å². The number of carbonyl (C=O) groups is 1. The fraction of sp³-hybridized carbons (Fsp3) is 0.333. The third-order valence-electron chi connectivity index (χ3n) is 5.81. The Hall–Kier alpha value is -2.40. The third-order valence-corrected chi connectivity index (χ3v) is 7.93. The molecule has 4 rings (SSSR count). The predicted molar refractivity (Wildman–Crippen MR) is 110 cm³/mol. The van der Waals surface area contributed by atoms with Gasteiger partial charge in [0.1, 0.15) is 0 Å². The summed E-state index contributed by atoms with van der Waals surface area (Å²) in [4.78, 5) is 15.2. The van der Waals surface area contributed by atoms with Gasteiger partial charge in [-0.15, -0.1) is 0 Å². The lowest BCUT2D eigenvalue weighted by Gasteiger charge is -2.38. The molecule has 29 heavy (non-hydrogen) atoms. The van der Waals surface area contributed by atoms with E-state index in [0.29, 0.717) is 42.9 Å². The van der Waals surface area contributed by atoms with Crippen LogP contribution in [0.25, 0.3) is 0 Å². The highest BCUT2D eigenvalue weighted by Crippen LogP contribution is 2.43. The van der Waals surface area contributed by atoms with Gasteiger partial charge in [0.15, 0.2) is 0 Å². The van der Waals surface area contributed by atoms with Crippen molar-refractivity contribution in [2.75, 3.05) is 24.5 Å². The number of nitriles is 1. The maximum atomic E-state index is 13.3. The van der Waals surface area contributed by atoms with Gasteiger partial charge in [0.2, 0.25) is 15.9 Å². The second kappa shape index (κ2) is 7.45. The maximum Gasteiger partial charge on any atom is 0.243 e. The molecule has 6 nitrogen and oxygen atoms in total. The summed E-state index contributed by atoms with van der Waals surface area (Å²) in [6, 6.07) is 15.0. The number of carbonyl (C=O) groups excluding carboxylic acids is 1. The highest BCUT2D eigenvalue weighted by Gasteiger charge is 2.51. The zero-order valence-corrected chi connectivity index (χ0v) is 17.3. The van der Waals surface area contributed by atoms with Gasteiger partial charge in [-0.1, -0.05) is 11.6 Å². The van der Waals surface area contributed by atoms with Crippen LogP contribution < -0.4 is 4.90 Å². The maximum absolute atomic E-state index is 13.3. The van der Waals surface area contributed by atoms with Gasteiger partial charge in [0.25, 0.3) is 0 Å². The molecule has 0 aromatic heterocycles. The summed E-state index contributed by atoms with van der Waals surface area (Å²) in [5.41, 5.74) is 0.490. The van der Waals surface area contributed by atoms with Gasteiger partial charge in [-0.2, -0.15) is 9.57 Å². The monoisotopic (exact) mass is 429 g/mol. The first-order chi connectivity index (χ1) is 13.9. The van der Waals surface area contributed by atoms with Gasteiger partial charge in [0.05, 0.1) is 21.9 Å². The van der Waals surface area contributed by atoms with Crippen LogP contribution in [0.5, 0.6) is 0 Å². The van der Waals surface area contributed by atoms with Crippen molar-refractivity contribution in [1.82, 2.24) is 4.31 Å². The van der Waals surface area contributed by atoms with Crippen LogP contribution in [-0.2, 0) is 14.8 Å². The quantitative estimate of drug-likeness (QED) is 0.748. The van der Waals surface area contributed by atoms with Crippen LogP contribution in [-0.4, -0.2) is 38.3 Å². The molecule has 1 atom stereocenters. The van der Waals surface area contributed by atoms with E-state index in [1.54, 1.807) is 17.0 Å². The van der Waals surface area contributed by atoms with E-state index in [2.05, 4.69) is 0 Å². The molecule has 150 valence electrons. The van der Waals surface area contributed by atoms with Crippen LogP contribution in [0.1, 0.15) is 24.8 Å². The van der Waals surface area contributed by atoms with E-state index >= 15 is 0 Å². The Morgan fingerprint density at radius 1 is 1.00 bits per heavy atom. The molecule has 0 bridgehead atoms. The molecule has 2 aromatic carbocycles. The Bertz CT molecular complexity index is 1080. The third kappa shape index (κ3) is 3.52. The molecule has 0 N–H and O–H groups in total. The molecule has 2 aromatic rings. The summed E-state index contributed by atoms with van der Waals surface area (Å²) in [5, 5.41) is 9.53. The first kappa shape index (κ1) is 19.9. The Balaban J connectivity index is 1.58. The lowest BCUT2D eigenvalue weighted by Crippen LogP contribution is -2.49. The molecular formula is C21H20ClN3O3S. The van der Waals surface area contributed by atoms with E-state index in [-0.39, 0.29) is 17.3 Å². The molecule has 0 aliphatic carbocycles. The average molecular weight is 430 g/mol. The van der Waals surface area contributed by atoms with Crippen molar-refractivity contribution in [2.24, 2.45) is 5.41 Å². The summed E-state index contributed by atoms with van der Waals surface area (Å²) in [7, 11) is -3.73. The van der Waals surface area contributed by atoms with E-state index in [1.807, 2.05) is 18.2 Å². The van der Waals surface area contributed by atoms with Crippen molar-refractivity contribution in [3.63, 3.8) is 0 Å². The summed E-state index contributed by atoms with van der Waals surface area (Å²) in [6.45, 7) is 1.13. The number of anilines is 1. The molecule has 0 saturated carbocycles. The molecule has 2 aliphatic rings. The largest absolute Gasteiger partial charge is 0.312 e. The molecule has 1 amide bonds. The normalized spacial score (nSPS) is 22.8. The lowest BCUT2D eigenvalue weighted by molar-refractivity contribution is -0.127. The van der Waals surface area contributed by atoms with Crippen LogP contribution in [0, 0.1) is 16.7 Å². The van der Waals surface area contributed by atoms with Gasteiger partial charge in [-0.25, -0.2) is 8.42 Å². The fourth-order valence-corrected chi connectivity index (χ4v) is 5.90. The molecular weight excluding hydrogens is 410 g/mol. The minimum Gasteiger partial charge on any atom is -0.312 e. The molecule has 8 heteroatoms. The molecule has 0 radical (unpaired) electrons. The number of rotatable bonds is 3. The molecule has 2 aliphatic heterocycles. The molecule has 1 spiro atoms. The Kier molecular flexibility index (Phi) is 5.11. The second-order valence-electron chi connectivity index (χ2n) is 7.54. The fourth-order valence-electron chi connectivity index (χ4n) is 4.21. The van der Waals surface area contributed by atoms with Gasteiger partial charge in [0, 0.05) is 30.3 Å². The number of piperidine rings is 1. The summed E-state index contributed by atoms with van der Waals surface area (Å²) in [5.74, 6) is -0.0282. The van der Waals surface area contributed by atoms with Crippen molar-refractivity contribution < 1.29 is 13.2 Å². The first-order valence-electron chi connectivity index (χ1n) is 9.44. The van der Waals surface area contributed by atoms with Crippen molar-refractivity contribution in [3.05, 3.63) is 59.1 Å². The van der Waals surface area contributed by atoms with E-state index < -0.39 is 15.4 Å². The van der Waals surface area contributed by atoms with Crippen molar-refractivity contribution in [3.8, 4) is 6.07 Å². The summed E-state index contributed by atoms with van der Waals surface area (Å²) >= 11 is 5.95. The van der Waals surface area contributed by atoms with E-state index in [0.717, 1.165) is 5.69 Å². The lowest BCUT2D eigenvalue weighted by atomic mass is 9.79.